The van der Waals surface area contributed by atoms with Crippen molar-refractivity contribution in [1.29, 1.82) is 0 Å². The van der Waals surface area contributed by atoms with E-state index in [0.717, 1.165) is 51.1 Å². The number of aromatic nitrogens is 1. The van der Waals surface area contributed by atoms with Gasteiger partial charge in [-0.2, -0.15) is 13.2 Å². The van der Waals surface area contributed by atoms with Gasteiger partial charge in [0.15, 0.2) is 0 Å². The number of carbonyl (C=O) groups is 2. The van der Waals surface area contributed by atoms with Gasteiger partial charge in [0.05, 0.1) is 5.56 Å². The van der Waals surface area contributed by atoms with E-state index in [9.17, 15) is 22.8 Å². The number of fused-ring (bicyclic) bond motifs is 1. The van der Waals surface area contributed by atoms with Crippen LogP contribution in [0.25, 0.3) is 10.9 Å². The zero-order valence-corrected chi connectivity index (χ0v) is 29.5. The Kier molecular flexibility index (Phi) is 8.97. The van der Waals surface area contributed by atoms with Gasteiger partial charge < -0.3 is 20.1 Å². The van der Waals surface area contributed by atoms with E-state index in [1.54, 1.807) is 4.90 Å². The number of benzene rings is 3. The molecule has 1 aliphatic heterocycles. The Morgan fingerprint density at radius 1 is 0.959 bits per heavy atom. The number of para-hydroxylation sites is 1. The number of hydrogen-bond donors (Lipinski definition) is 2. The molecule has 2 atom stereocenters. The van der Waals surface area contributed by atoms with Crippen LogP contribution in [-0.4, -0.2) is 52.3 Å². The van der Waals surface area contributed by atoms with E-state index in [4.69, 9.17) is 0 Å². The molecule has 2 N–H and O–H groups in total. The Bertz CT molecular complexity index is 1860. The maximum absolute atomic E-state index is 14.8. The molecule has 0 unspecified atom stereocenters. The minimum atomic E-state index is -4.47. The van der Waals surface area contributed by atoms with Gasteiger partial charge in [0.1, 0.15) is 5.54 Å². The molecule has 1 saturated heterocycles. The Labute approximate surface area is 287 Å². The number of halogens is 3. The van der Waals surface area contributed by atoms with Gasteiger partial charge in [-0.05, 0) is 105 Å². The number of alkyl halides is 3. The van der Waals surface area contributed by atoms with E-state index in [-0.39, 0.29) is 42.0 Å². The van der Waals surface area contributed by atoms with Crippen LogP contribution in [0.15, 0.2) is 60.7 Å². The van der Waals surface area contributed by atoms with Crippen molar-refractivity contribution < 1.29 is 22.8 Å². The van der Waals surface area contributed by atoms with Gasteiger partial charge >= 0.3 is 6.18 Å². The number of amides is 2. The lowest BCUT2D eigenvalue weighted by molar-refractivity contribution is -0.150. The molecule has 2 heterocycles. The molecule has 0 radical (unpaired) electrons. The smallest absolute Gasteiger partial charge is 0.358 e. The highest BCUT2D eigenvalue weighted by molar-refractivity contribution is 6.02. The van der Waals surface area contributed by atoms with E-state index in [0.29, 0.717) is 31.5 Å². The molecule has 2 aliphatic rings. The molecule has 260 valence electrons. The number of nitrogens with one attached hydrogen (secondary N) is 2. The molecular weight excluding hydrogens is 625 g/mol. The number of carbonyl (C=O) groups excluding carboxylic acids is 2. The van der Waals surface area contributed by atoms with E-state index in [1.807, 2.05) is 52.1 Å². The second kappa shape index (κ2) is 12.7. The number of aromatic amines is 1. The highest BCUT2D eigenvalue weighted by Gasteiger charge is 2.60. The maximum atomic E-state index is 14.8. The van der Waals surface area contributed by atoms with Crippen LogP contribution in [0.4, 0.5) is 18.9 Å². The average molecular weight is 673 g/mol. The van der Waals surface area contributed by atoms with Crippen LogP contribution < -0.4 is 5.32 Å². The Hall–Kier alpha value is -4.11. The first-order valence-corrected chi connectivity index (χ1v) is 17.1. The van der Waals surface area contributed by atoms with Crippen LogP contribution in [0.5, 0.6) is 0 Å². The fraction of sp³-hybridized carbons (Fsp3) is 0.450. The number of anilines is 1. The molecule has 1 aliphatic carbocycles. The van der Waals surface area contributed by atoms with E-state index >= 15 is 0 Å². The minimum Gasteiger partial charge on any atom is -0.358 e. The highest BCUT2D eigenvalue weighted by atomic mass is 19.4. The van der Waals surface area contributed by atoms with Crippen molar-refractivity contribution in [2.45, 2.75) is 85.0 Å². The Morgan fingerprint density at radius 3 is 2.18 bits per heavy atom. The average Bonchev–Trinajstić information content (AvgIpc) is 3.38. The SMILES string of the molecule is Cc1cc(C)c(NC(=O)C2(N(Cc3ccc(C(F)(F)F)cc3)C(=O)C[C@H]3[C@@H](c4c(C)[nH]c5ccccc45)C3(C)C)CCN(C)CC2)c(C)c1. The van der Waals surface area contributed by atoms with Gasteiger partial charge in [-0.25, -0.2) is 0 Å². The van der Waals surface area contributed by atoms with Crippen LogP contribution in [0.1, 0.15) is 78.1 Å². The van der Waals surface area contributed by atoms with E-state index in [1.165, 1.54) is 17.7 Å². The lowest BCUT2D eigenvalue weighted by atomic mass is 9.83. The molecule has 3 aromatic carbocycles. The number of rotatable bonds is 8. The van der Waals surface area contributed by atoms with Crippen LogP contribution >= 0.6 is 0 Å². The molecule has 1 aromatic heterocycles. The third kappa shape index (κ3) is 6.50. The summed E-state index contributed by atoms with van der Waals surface area (Å²) in [6.07, 6.45) is -3.43. The second-order valence-electron chi connectivity index (χ2n) is 15.1. The Balaban J connectivity index is 1.38. The van der Waals surface area contributed by atoms with Crippen molar-refractivity contribution in [1.82, 2.24) is 14.8 Å². The summed E-state index contributed by atoms with van der Waals surface area (Å²) in [4.78, 5) is 36.9. The molecule has 4 aromatic rings. The minimum absolute atomic E-state index is 0.0287. The number of piperidine rings is 1. The molecule has 0 bridgehead atoms. The van der Waals surface area contributed by atoms with Gasteiger partial charge in [0, 0.05) is 48.3 Å². The summed E-state index contributed by atoms with van der Waals surface area (Å²) in [5, 5.41) is 4.38. The highest BCUT2D eigenvalue weighted by Crippen LogP contribution is 2.67. The zero-order valence-electron chi connectivity index (χ0n) is 29.5. The van der Waals surface area contributed by atoms with Crippen LogP contribution in [0, 0.1) is 39.0 Å². The molecule has 6 rings (SSSR count). The number of hydrogen-bond acceptors (Lipinski definition) is 3. The molecule has 0 spiro atoms. The van der Waals surface area contributed by atoms with Crippen molar-refractivity contribution in [3.8, 4) is 0 Å². The lowest BCUT2D eigenvalue weighted by Crippen LogP contribution is -2.63. The first-order chi connectivity index (χ1) is 23.0. The monoisotopic (exact) mass is 672 g/mol. The normalized spacial score (nSPS) is 20.3. The van der Waals surface area contributed by atoms with Gasteiger partial charge in [-0.3, -0.25) is 9.59 Å². The topological polar surface area (TPSA) is 68.4 Å². The molecular formula is C40H47F3N4O2. The van der Waals surface area contributed by atoms with Crippen molar-refractivity contribution >= 4 is 28.4 Å². The van der Waals surface area contributed by atoms with E-state index in [2.05, 4.69) is 48.1 Å². The van der Waals surface area contributed by atoms with Crippen LogP contribution in [-0.2, 0) is 22.3 Å². The summed E-state index contributed by atoms with van der Waals surface area (Å²) >= 11 is 0. The standard InChI is InChI=1S/C40H47F3N4O2/c1-24-20-25(2)36(26(3)21-24)45-37(49)39(16-18-46(7)19-17-39)47(23-28-12-14-29(15-13-28)40(41,42)43)33(48)22-31-35(38(31,5)6)34-27(4)44-32-11-9-8-10-30(32)34/h8-15,20-21,31,35,44H,16-19,22-23H2,1-7H3,(H,45,49)/t31-,35-/m0/s1. The van der Waals surface area contributed by atoms with Crippen molar-refractivity contribution in [2.24, 2.45) is 11.3 Å². The number of nitrogens with zero attached hydrogens (tertiary/aromatic N) is 2. The van der Waals surface area contributed by atoms with Crippen LogP contribution in [0.2, 0.25) is 0 Å². The van der Waals surface area contributed by atoms with Crippen molar-refractivity contribution in [2.75, 3.05) is 25.5 Å². The summed E-state index contributed by atoms with van der Waals surface area (Å²) in [6.45, 7) is 13.6. The lowest BCUT2D eigenvalue weighted by Gasteiger charge is -2.47. The molecule has 49 heavy (non-hydrogen) atoms. The van der Waals surface area contributed by atoms with E-state index < -0.39 is 17.3 Å². The number of H-pyrrole nitrogens is 1. The Morgan fingerprint density at radius 2 is 1.57 bits per heavy atom. The number of likely N-dealkylation sites (tertiary alicyclic amines) is 1. The molecule has 2 amide bonds. The van der Waals surface area contributed by atoms with Gasteiger partial charge in [-0.1, -0.05) is 61.9 Å². The first kappa shape index (κ1) is 34.7. The molecule has 9 heteroatoms. The van der Waals surface area contributed by atoms with Crippen molar-refractivity contribution in [3.05, 3.63) is 99.7 Å². The van der Waals surface area contributed by atoms with Crippen LogP contribution in [0.3, 0.4) is 0 Å². The predicted molar refractivity (Wildman–Crippen MR) is 188 cm³/mol. The molecule has 6 nitrogen and oxygen atoms in total. The largest absolute Gasteiger partial charge is 0.416 e. The van der Waals surface area contributed by atoms with Gasteiger partial charge in [0.2, 0.25) is 11.8 Å². The van der Waals surface area contributed by atoms with Gasteiger partial charge in [-0.15, -0.1) is 0 Å². The summed E-state index contributed by atoms with van der Waals surface area (Å²) < 4.78 is 40.4. The third-order valence-corrected chi connectivity index (χ3v) is 11.3. The fourth-order valence-corrected chi connectivity index (χ4v) is 8.37. The second-order valence-corrected chi connectivity index (χ2v) is 15.1. The first-order valence-electron chi connectivity index (χ1n) is 17.1. The predicted octanol–water partition coefficient (Wildman–Crippen LogP) is 8.68. The summed E-state index contributed by atoms with van der Waals surface area (Å²) in [6, 6.07) is 17.2. The van der Waals surface area contributed by atoms with Crippen molar-refractivity contribution in [3.63, 3.8) is 0 Å². The fourth-order valence-electron chi connectivity index (χ4n) is 8.37. The third-order valence-electron chi connectivity index (χ3n) is 11.3. The maximum Gasteiger partial charge on any atom is 0.416 e. The zero-order chi connectivity index (χ0) is 35.5. The van der Waals surface area contributed by atoms with Gasteiger partial charge in [0.25, 0.3) is 0 Å². The summed E-state index contributed by atoms with van der Waals surface area (Å²) in [7, 11) is 2.00. The summed E-state index contributed by atoms with van der Waals surface area (Å²) in [5.41, 5.74) is 5.52. The molecule has 1 saturated carbocycles. The quantitative estimate of drug-likeness (QED) is 0.197. The summed E-state index contributed by atoms with van der Waals surface area (Å²) in [5.74, 6) is -0.244. The molecule has 2 fully saturated rings. The number of aryl methyl sites for hydroxylation is 4.